The van der Waals surface area contributed by atoms with E-state index < -0.39 is 11.9 Å². The van der Waals surface area contributed by atoms with E-state index in [1.807, 2.05) is 6.07 Å². The van der Waals surface area contributed by atoms with Gasteiger partial charge in [0.1, 0.15) is 0 Å². The zero-order chi connectivity index (χ0) is 18.4. The Hall–Kier alpha value is -3.02. The molecule has 136 valence electrons. The van der Waals surface area contributed by atoms with Crippen molar-refractivity contribution in [2.45, 2.75) is 31.8 Å². The summed E-state index contributed by atoms with van der Waals surface area (Å²) in [7, 11) is 1.56. The van der Waals surface area contributed by atoms with Crippen LogP contribution in [0.3, 0.4) is 0 Å². The fourth-order valence-electron chi connectivity index (χ4n) is 2.95. The molecule has 0 radical (unpaired) electrons. The van der Waals surface area contributed by atoms with E-state index in [2.05, 4.69) is 10.6 Å². The van der Waals surface area contributed by atoms with Crippen LogP contribution in [-0.4, -0.2) is 25.2 Å². The smallest absolute Gasteiger partial charge is 0.326 e. The Balaban J connectivity index is 1.67. The molecule has 6 heteroatoms. The maximum absolute atomic E-state index is 12.4. The third-order valence-electron chi connectivity index (χ3n) is 4.28. The summed E-state index contributed by atoms with van der Waals surface area (Å²) in [5.74, 6) is 0.593. The molecule has 0 atom stereocenters. The van der Waals surface area contributed by atoms with Crippen LogP contribution in [0.5, 0.6) is 11.5 Å². The summed E-state index contributed by atoms with van der Waals surface area (Å²) in [6.07, 6.45) is 4.43. The van der Waals surface area contributed by atoms with Gasteiger partial charge >= 0.3 is 6.03 Å². The molecule has 3 rings (SSSR count). The number of ether oxygens (including phenoxy) is 2. The minimum absolute atomic E-state index is 0.142. The van der Waals surface area contributed by atoms with Crippen LogP contribution in [-0.2, 0) is 0 Å². The van der Waals surface area contributed by atoms with Crippen molar-refractivity contribution in [3.63, 3.8) is 0 Å². The molecule has 2 aromatic carbocycles. The minimum atomic E-state index is -0.588. The molecule has 0 heterocycles. The topological polar surface area (TPSA) is 76.7 Å². The molecule has 6 nitrogen and oxygen atoms in total. The van der Waals surface area contributed by atoms with Gasteiger partial charge in [-0.1, -0.05) is 18.2 Å². The maximum atomic E-state index is 12.4. The van der Waals surface area contributed by atoms with Crippen LogP contribution in [0.4, 0.5) is 10.5 Å². The molecule has 2 aromatic rings. The number of benzene rings is 2. The van der Waals surface area contributed by atoms with Gasteiger partial charge in [-0.15, -0.1) is 0 Å². The Labute approximate surface area is 152 Å². The Morgan fingerprint density at radius 1 is 1.00 bits per heavy atom. The second kappa shape index (κ2) is 8.38. The molecule has 1 saturated carbocycles. The van der Waals surface area contributed by atoms with E-state index in [-0.39, 0.29) is 6.10 Å². The Kier molecular flexibility index (Phi) is 5.73. The van der Waals surface area contributed by atoms with Crippen LogP contribution in [0.15, 0.2) is 48.5 Å². The molecule has 26 heavy (non-hydrogen) atoms. The van der Waals surface area contributed by atoms with Crippen molar-refractivity contribution in [2.75, 3.05) is 12.4 Å². The van der Waals surface area contributed by atoms with Crippen LogP contribution in [0.25, 0.3) is 0 Å². The highest BCUT2D eigenvalue weighted by molar-refractivity contribution is 6.08. The van der Waals surface area contributed by atoms with E-state index in [1.165, 1.54) is 0 Å². The first-order valence-electron chi connectivity index (χ1n) is 8.68. The number of anilines is 1. The number of urea groups is 1. The van der Waals surface area contributed by atoms with E-state index in [1.54, 1.807) is 49.6 Å². The Bertz CT molecular complexity index is 771. The monoisotopic (exact) mass is 354 g/mol. The van der Waals surface area contributed by atoms with E-state index in [4.69, 9.17) is 9.47 Å². The van der Waals surface area contributed by atoms with Gasteiger partial charge in [0, 0.05) is 11.3 Å². The van der Waals surface area contributed by atoms with E-state index in [0.717, 1.165) is 25.7 Å². The molecular weight excluding hydrogens is 332 g/mol. The van der Waals surface area contributed by atoms with Crippen LogP contribution in [0.1, 0.15) is 36.0 Å². The van der Waals surface area contributed by atoms with Gasteiger partial charge in [0.15, 0.2) is 11.5 Å². The van der Waals surface area contributed by atoms with Gasteiger partial charge in [0.05, 0.1) is 13.2 Å². The van der Waals surface area contributed by atoms with Crippen molar-refractivity contribution in [1.82, 2.24) is 5.32 Å². The SMILES string of the molecule is COc1ccc(C(=O)NC(=O)Nc2ccccc2)cc1OC1CCCC1. The predicted molar refractivity (Wildman–Crippen MR) is 98.8 cm³/mol. The quantitative estimate of drug-likeness (QED) is 0.851. The largest absolute Gasteiger partial charge is 0.493 e. The van der Waals surface area contributed by atoms with Gasteiger partial charge in [-0.2, -0.15) is 0 Å². The van der Waals surface area contributed by atoms with Crippen LogP contribution < -0.4 is 20.1 Å². The minimum Gasteiger partial charge on any atom is -0.493 e. The molecular formula is C20H22N2O4. The van der Waals surface area contributed by atoms with Gasteiger partial charge in [-0.3, -0.25) is 10.1 Å². The van der Waals surface area contributed by atoms with Crippen LogP contribution in [0.2, 0.25) is 0 Å². The van der Waals surface area contributed by atoms with Crippen molar-refractivity contribution in [2.24, 2.45) is 0 Å². The number of nitrogens with one attached hydrogen (secondary N) is 2. The molecule has 0 spiro atoms. The zero-order valence-corrected chi connectivity index (χ0v) is 14.7. The van der Waals surface area contributed by atoms with Crippen LogP contribution >= 0.6 is 0 Å². The number of rotatable bonds is 5. The molecule has 0 bridgehead atoms. The Morgan fingerprint density at radius 2 is 1.73 bits per heavy atom. The highest BCUT2D eigenvalue weighted by Gasteiger charge is 2.20. The normalized spacial score (nSPS) is 13.9. The third-order valence-corrected chi connectivity index (χ3v) is 4.28. The van der Waals surface area contributed by atoms with E-state index in [9.17, 15) is 9.59 Å². The summed E-state index contributed by atoms with van der Waals surface area (Å²) in [6, 6.07) is 13.2. The number of imide groups is 1. The average molecular weight is 354 g/mol. The van der Waals surface area contributed by atoms with Crippen molar-refractivity contribution in [3.8, 4) is 11.5 Å². The highest BCUT2D eigenvalue weighted by atomic mass is 16.5. The van der Waals surface area contributed by atoms with E-state index in [0.29, 0.717) is 22.7 Å². The number of amides is 3. The zero-order valence-electron chi connectivity index (χ0n) is 14.7. The Morgan fingerprint density at radius 3 is 2.42 bits per heavy atom. The summed E-state index contributed by atoms with van der Waals surface area (Å²) >= 11 is 0. The van der Waals surface area contributed by atoms with Gasteiger partial charge < -0.3 is 14.8 Å². The second-order valence-corrected chi connectivity index (χ2v) is 6.16. The van der Waals surface area contributed by atoms with Crippen LogP contribution in [0, 0.1) is 0 Å². The predicted octanol–water partition coefficient (Wildman–Crippen LogP) is 3.98. The van der Waals surface area contributed by atoms with Gasteiger partial charge in [-0.05, 0) is 56.0 Å². The fraction of sp³-hybridized carbons (Fsp3) is 0.300. The molecule has 0 aliphatic heterocycles. The van der Waals surface area contributed by atoms with Crippen molar-refractivity contribution in [3.05, 3.63) is 54.1 Å². The molecule has 2 N–H and O–H groups in total. The summed E-state index contributed by atoms with van der Waals surface area (Å²) in [6.45, 7) is 0. The molecule has 1 aliphatic carbocycles. The van der Waals surface area contributed by atoms with E-state index >= 15 is 0 Å². The molecule has 1 fully saturated rings. The molecule has 0 saturated heterocycles. The first-order valence-corrected chi connectivity index (χ1v) is 8.68. The lowest BCUT2D eigenvalue weighted by Gasteiger charge is -2.16. The van der Waals surface area contributed by atoms with Gasteiger partial charge in [0.2, 0.25) is 0 Å². The number of para-hydroxylation sites is 1. The molecule has 0 unspecified atom stereocenters. The molecule has 0 aromatic heterocycles. The number of methoxy groups -OCH3 is 1. The first-order chi connectivity index (χ1) is 12.7. The van der Waals surface area contributed by atoms with Crippen molar-refractivity contribution in [1.29, 1.82) is 0 Å². The summed E-state index contributed by atoms with van der Waals surface area (Å²) in [4.78, 5) is 24.3. The molecule has 1 aliphatic rings. The average Bonchev–Trinajstić information content (AvgIpc) is 3.15. The number of hydrogen-bond donors (Lipinski definition) is 2. The lowest BCUT2D eigenvalue weighted by molar-refractivity contribution is 0.0966. The maximum Gasteiger partial charge on any atom is 0.326 e. The highest BCUT2D eigenvalue weighted by Crippen LogP contribution is 2.32. The van der Waals surface area contributed by atoms with Crippen molar-refractivity contribution >= 4 is 17.6 Å². The van der Waals surface area contributed by atoms with Gasteiger partial charge in [-0.25, -0.2) is 4.79 Å². The summed E-state index contributed by atoms with van der Waals surface area (Å²) in [5, 5.41) is 4.93. The third kappa shape index (κ3) is 4.53. The number of carbonyl (C=O) groups is 2. The number of hydrogen-bond acceptors (Lipinski definition) is 4. The summed E-state index contributed by atoms with van der Waals surface area (Å²) in [5.41, 5.74) is 0.944. The molecule has 3 amide bonds. The standard InChI is InChI=1S/C20H22N2O4/c1-25-17-12-11-14(13-18(17)26-16-9-5-6-10-16)19(23)22-20(24)21-15-7-3-2-4-8-15/h2-4,7-8,11-13,16H,5-6,9-10H2,1H3,(H2,21,22,23,24). The lowest BCUT2D eigenvalue weighted by atomic mass is 10.2. The lowest BCUT2D eigenvalue weighted by Crippen LogP contribution is -2.34. The second-order valence-electron chi connectivity index (χ2n) is 6.16. The van der Waals surface area contributed by atoms with Crippen molar-refractivity contribution < 1.29 is 19.1 Å². The fourth-order valence-corrected chi connectivity index (χ4v) is 2.95. The number of carbonyl (C=O) groups excluding carboxylic acids is 2. The van der Waals surface area contributed by atoms with Gasteiger partial charge in [0.25, 0.3) is 5.91 Å². The summed E-state index contributed by atoms with van der Waals surface area (Å²) < 4.78 is 11.3. The first kappa shape index (κ1) is 17.8.